The van der Waals surface area contributed by atoms with Gasteiger partial charge in [-0.1, -0.05) is 26.8 Å². The van der Waals surface area contributed by atoms with Crippen LogP contribution in [0, 0.1) is 11.3 Å². The molecule has 3 aromatic heterocycles. The largest absolute Gasteiger partial charge is 0.464 e. The molecule has 0 saturated heterocycles. The van der Waals surface area contributed by atoms with Gasteiger partial charge in [0.25, 0.3) is 0 Å². The highest BCUT2D eigenvalue weighted by Crippen LogP contribution is 2.35. The Morgan fingerprint density at radius 3 is 2.60 bits per heavy atom. The number of nitrogens with two attached hydrogens (primary N) is 1. The van der Waals surface area contributed by atoms with Crippen molar-refractivity contribution in [3.8, 4) is 6.07 Å². The summed E-state index contributed by atoms with van der Waals surface area (Å²) in [5.74, 6) is 0.404. The molecular formula is C25H25N7O3. The lowest BCUT2D eigenvalue weighted by molar-refractivity contribution is 0.196. The molecule has 0 spiro atoms. The maximum Gasteiger partial charge on any atom is 0.420 e. The number of rotatable bonds is 4. The van der Waals surface area contributed by atoms with Gasteiger partial charge in [-0.05, 0) is 48.2 Å². The summed E-state index contributed by atoms with van der Waals surface area (Å²) >= 11 is 0. The third kappa shape index (κ3) is 4.19. The number of aromatic nitrogens is 4. The molecule has 1 atom stereocenters. The second-order valence-corrected chi connectivity index (χ2v) is 9.25. The van der Waals surface area contributed by atoms with Gasteiger partial charge in [-0.25, -0.2) is 14.6 Å². The van der Waals surface area contributed by atoms with Crippen LogP contribution in [-0.2, 0) is 5.41 Å². The zero-order valence-corrected chi connectivity index (χ0v) is 19.8. The molecule has 1 aromatic carbocycles. The fourth-order valence-corrected chi connectivity index (χ4v) is 3.97. The summed E-state index contributed by atoms with van der Waals surface area (Å²) in [4.78, 5) is 34.3. The lowest BCUT2D eigenvalue weighted by Crippen LogP contribution is -2.30. The molecule has 0 saturated carbocycles. The molecule has 3 heterocycles. The predicted octanol–water partition coefficient (Wildman–Crippen LogP) is 4.22. The molecule has 0 fully saturated rings. The summed E-state index contributed by atoms with van der Waals surface area (Å²) in [7, 11) is 0. The zero-order chi connectivity index (χ0) is 25.5. The first kappa shape index (κ1) is 23.5. The van der Waals surface area contributed by atoms with Gasteiger partial charge in [0.2, 0.25) is 0 Å². The Morgan fingerprint density at radius 2 is 2.00 bits per heavy atom. The van der Waals surface area contributed by atoms with Crippen molar-refractivity contribution in [3.05, 3.63) is 76.0 Å². The first-order valence-corrected chi connectivity index (χ1v) is 10.9. The van der Waals surface area contributed by atoms with Crippen LogP contribution in [0.4, 0.5) is 22.0 Å². The van der Waals surface area contributed by atoms with Crippen LogP contribution < -0.4 is 16.7 Å². The van der Waals surface area contributed by atoms with Crippen molar-refractivity contribution in [2.75, 3.05) is 11.1 Å². The topological polar surface area (TPSA) is 152 Å². The number of nitrogens with zero attached hydrogens (tertiary/aromatic N) is 5. The van der Waals surface area contributed by atoms with Gasteiger partial charge in [-0.2, -0.15) is 9.83 Å². The van der Waals surface area contributed by atoms with Crippen LogP contribution in [0.25, 0.3) is 11.2 Å². The highest BCUT2D eigenvalue weighted by atomic mass is 16.4. The first-order chi connectivity index (χ1) is 16.5. The number of imidazole rings is 1. The molecule has 0 aliphatic heterocycles. The van der Waals surface area contributed by atoms with Crippen LogP contribution >= 0.6 is 0 Å². The van der Waals surface area contributed by atoms with E-state index in [0.717, 1.165) is 5.56 Å². The van der Waals surface area contributed by atoms with Crippen molar-refractivity contribution in [1.82, 2.24) is 19.1 Å². The molecule has 4 N–H and O–H groups in total. The van der Waals surface area contributed by atoms with Crippen molar-refractivity contribution in [2.45, 2.75) is 39.2 Å². The van der Waals surface area contributed by atoms with Gasteiger partial charge < -0.3 is 16.2 Å². The van der Waals surface area contributed by atoms with Gasteiger partial charge in [0.05, 0.1) is 29.0 Å². The third-order valence-electron chi connectivity index (χ3n) is 5.84. The number of nitrogen functional groups attached to an aromatic ring is 1. The molecule has 0 unspecified atom stereocenters. The maximum atomic E-state index is 13.3. The van der Waals surface area contributed by atoms with Crippen molar-refractivity contribution in [2.24, 2.45) is 0 Å². The molecule has 35 heavy (non-hydrogen) atoms. The lowest BCUT2D eigenvalue weighted by Gasteiger charge is -2.24. The van der Waals surface area contributed by atoms with Gasteiger partial charge in [-0.3, -0.25) is 9.55 Å². The molecule has 0 aliphatic carbocycles. The van der Waals surface area contributed by atoms with E-state index in [-0.39, 0.29) is 11.2 Å². The van der Waals surface area contributed by atoms with E-state index in [2.05, 4.69) is 16.4 Å². The summed E-state index contributed by atoms with van der Waals surface area (Å²) in [6.07, 6.45) is 1.85. The minimum absolute atomic E-state index is 0.174. The molecule has 178 valence electrons. The smallest absolute Gasteiger partial charge is 0.420 e. The van der Waals surface area contributed by atoms with E-state index in [0.29, 0.717) is 32.9 Å². The highest BCUT2D eigenvalue weighted by Gasteiger charge is 2.28. The monoisotopic (exact) mass is 471 g/mol. The number of nitrogens with one attached hydrogen (secondary N) is 1. The maximum absolute atomic E-state index is 13.3. The van der Waals surface area contributed by atoms with Gasteiger partial charge in [0.1, 0.15) is 11.3 Å². The number of nitriles is 1. The summed E-state index contributed by atoms with van der Waals surface area (Å²) in [6.45, 7) is 7.64. The van der Waals surface area contributed by atoms with Crippen LogP contribution in [0.5, 0.6) is 0 Å². The Bertz CT molecular complexity index is 1540. The Hall–Kier alpha value is -4.65. The molecular weight excluding hydrogens is 446 g/mol. The van der Waals surface area contributed by atoms with Crippen LogP contribution in [0.3, 0.4) is 0 Å². The van der Waals surface area contributed by atoms with E-state index in [9.17, 15) is 20.0 Å². The molecule has 10 heteroatoms. The number of benzene rings is 1. The van der Waals surface area contributed by atoms with Crippen LogP contribution in [0.15, 0.2) is 53.6 Å². The molecule has 4 aromatic rings. The number of anilines is 3. The van der Waals surface area contributed by atoms with Crippen molar-refractivity contribution >= 4 is 34.4 Å². The normalized spacial score (nSPS) is 12.3. The Morgan fingerprint density at radius 1 is 1.26 bits per heavy atom. The standard InChI is InChI=1S/C25H25N7O3/c1-14(16-6-5-9-28-13-16)31-22-20(32(23(31)33)24(34)35)11-17(25(2,3)4)21(30-22)29-19-10-15(12-26)7-8-18(19)27/h5-11,13-14H,27H2,1-4H3,(H,29,30)(H,34,35)/t14-/m1/s1. The lowest BCUT2D eigenvalue weighted by atomic mass is 9.87. The number of pyridine rings is 2. The summed E-state index contributed by atoms with van der Waals surface area (Å²) in [5.41, 5.74) is 8.02. The SMILES string of the molecule is C[C@H](c1cccnc1)n1c(=O)n(C(=O)O)c2cc(C(C)(C)C)c(Nc3cc(C#N)ccc3N)nc21. The minimum Gasteiger partial charge on any atom is -0.464 e. The second-order valence-electron chi connectivity index (χ2n) is 9.25. The highest BCUT2D eigenvalue weighted by molar-refractivity contribution is 5.87. The van der Waals surface area contributed by atoms with Crippen molar-refractivity contribution in [1.29, 1.82) is 5.26 Å². The minimum atomic E-state index is -1.40. The quantitative estimate of drug-likeness (QED) is 0.374. The number of hydrogen-bond acceptors (Lipinski definition) is 7. The Labute approximate surface area is 201 Å². The molecule has 10 nitrogen and oxygen atoms in total. The number of carboxylic acid groups (broad SMARTS) is 1. The second kappa shape index (κ2) is 8.61. The summed E-state index contributed by atoms with van der Waals surface area (Å²) in [6, 6.07) is 11.6. The number of carbonyl (C=O) groups is 1. The number of hydrogen-bond donors (Lipinski definition) is 3. The fraction of sp³-hybridized carbons (Fsp3) is 0.240. The van der Waals surface area contributed by atoms with Crippen LogP contribution in [-0.4, -0.2) is 30.3 Å². The summed E-state index contributed by atoms with van der Waals surface area (Å²) < 4.78 is 2.05. The van der Waals surface area contributed by atoms with E-state index < -0.39 is 23.2 Å². The fourth-order valence-electron chi connectivity index (χ4n) is 3.97. The van der Waals surface area contributed by atoms with Gasteiger partial charge >= 0.3 is 11.8 Å². The molecule has 0 aliphatic rings. The van der Waals surface area contributed by atoms with E-state index in [1.54, 1.807) is 49.6 Å². The van der Waals surface area contributed by atoms with E-state index in [4.69, 9.17) is 10.7 Å². The summed E-state index contributed by atoms with van der Waals surface area (Å²) in [5, 5.41) is 22.4. The molecule has 0 bridgehead atoms. The van der Waals surface area contributed by atoms with Gasteiger partial charge in [0.15, 0.2) is 5.65 Å². The van der Waals surface area contributed by atoms with Gasteiger partial charge in [0, 0.05) is 18.0 Å². The predicted molar refractivity (Wildman–Crippen MR) is 133 cm³/mol. The Balaban J connectivity index is 2.03. The average Bonchev–Trinajstić information content (AvgIpc) is 3.10. The first-order valence-electron chi connectivity index (χ1n) is 10.9. The molecule has 0 radical (unpaired) electrons. The van der Waals surface area contributed by atoms with E-state index in [1.807, 2.05) is 26.8 Å². The van der Waals surface area contributed by atoms with E-state index >= 15 is 0 Å². The van der Waals surface area contributed by atoms with Crippen LogP contribution in [0.2, 0.25) is 0 Å². The molecule has 0 amide bonds. The third-order valence-corrected chi connectivity index (χ3v) is 5.84. The molecule has 4 rings (SSSR count). The average molecular weight is 472 g/mol. The van der Waals surface area contributed by atoms with Gasteiger partial charge in [-0.15, -0.1) is 0 Å². The van der Waals surface area contributed by atoms with E-state index in [1.165, 1.54) is 4.57 Å². The van der Waals surface area contributed by atoms with Crippen molar-refractivity contribution in [3.63, 3.8) is 0 Å². The zero-order valence-electron chi connectivity index (χ0n) is 19.8. The Kier molecular flexibility index (Phi) is 5.78. The van der Waals surface area contributed by atoms with Crippen molar-refractivity contribution < 1.29 is 9.90 Å². The van der Waals surface area contributed by atoms with Crippen LogP contribution in [0.1, 0.15) is 50.4 Å². The number of fused-ring (bicyclic) bond motifs is 1.